The molecule has 1 amide bonds. The number of halogens is 1. The number of anilines is 2. The fraction of sp³-hybridized carbons (Fsp3) is 0.360. The van der Waals surface area contributed by atoms with E-state index in [2.05, 4.69) is 24.1 Å². The molecule has 4 rings (SSSR count). The number of carbonyl (C=O) groups excluding carboxylic acids is 1. The van der Waals surface area contributed by atoms with E-state index in [0.29, 0.717) is 23.9 Å². The molecule has 1 aliphatic rings. The predicted octanol–water partition coefficient (Wildman–Crippen LogP) is 5.17. The summed E-state index contributed by atoms with van der Waals surface area (Å²) in [6, 6.07) is 11.9. The molecule has 0 bridgehead atoms. The molecule has 32 heavy (non-hydrogen) atoms. The van der Waals surface area contributed by atoms with E-state index >= 15 is 0 Å². The van der Waals surface area contributed by atoms with Crippen LogP contribution in [0.3, 0.4) is 0 Å². The van der Waals surface area contributed by atoms with Gasteiger partial charge in [0.05, 0.1) is 5.69 Å². The van der Waals surface area contributed by atoms with Crippen molar-refractivity contribution >= 4 is 17.4 Å². The lowest BCUT2D eigenvalue weighted by molar-refractivity contribution is -0.134. The highest BCUT2D eigenvalue weighted by Crippen LogP contribution is 2.30. The van der Waals surface area contributed by atoms with E-state index in [9.17, 15) is 9.18 Å². The molecule has 1 N–H and O–H groups in total. The Labute approximate surface area is 187 Å². The summed E-state index contributed by atoms with van der Waals surface area (Å²) >= 11 is 0. The highest BCUT2D eigenvalue weighted by molar-refractivity contribution is 5.79. The van der Waals surface area contributed by atoms with Crippen molar-refractivity contribution < 1.29 is 9.18 Å². The van der Waals surface area contributed by atoms with E-state index in [1.165, 1.54) is 12.1 Å². The van der Waals surface area contributed by atoms with Gasteiger partial charge in [-0.1, -0.05) is 19.9 Å². The van der Waals surface area contributed by atoms with Crippen LogP contribution in [-0.4, -0.2) is 38.8 Å². The zero-order chi connectivity index (χ0) is 22.5. The highest BCUT2D eigenvalue weighted by Gasteiger charge is 2.32. The maximum atomic E-state index is 13.7. The first-order valence-corrected chi connectivity index (χ1v) is 11.2. The number of nitrogens with zero attached hydrogens (tertiary/aromatic N) is 4. The van der Waals surface area contributed by atoms with E-state index in [1.54, 1.807) is 24.5 Å². The molecule has 1 fully saturated rings. The second-order valence-corrected chi connectivity index (χ2v) is 8.15. The molecule has 0 saturated carbocycles. The molecule has 2 aromatic heterocycles. The van der Waals surface area contributed by atoms with Crippen LogP contribution in [0.4, 0.5) is 15.9 Å². The minimum absolute atomic E-state index is 0.0585. The third-order valence-electron chi connectivity index (χ3n) is 6.02. The average molecular weight is 434 g/mol. The molecule has 0 aliphatic carbocycles. The SMILES string of the molecule is CCC(CC)C(=O)N1CCC(c2nc(Nc3cccc(F)c3)cc(-c3ccncc3)n2)C1. The van der Waals surface area contributed by atoms with Gasteiger partial charge in [0, 0.05) is 54.6 Å². The molecule has 1 aliphatic heterocycles. The van der Waals surface area contributed by atoms with Crippen LogP contribution in [0.25, 0.3) is 11.3 Å². The summed E-state index contributed by atoms with van der Waals surface area (Å²) in [4.78, 5) is 28.5. The number of aromatic nitrogens is 3. The maximum Gasteiger partial charge on any atom is 0.225 e. The second kappa shape index (κ2) is 9.85. The number of amides is 1. The minimum atomic E-state index is -0.315. The minimum Gasteiger partial charge on any atom is -0.342 e. The molecule has 1 atom stereocenters. The van der Waals surface area contributed by atoms with Crippen LogP contribution in [0.5, 0.6) is 0 Å². The lowest BCUT2D eigenvalue weighted by Gasteiger charge is -2.21. The molecular formula is C25H28FN5O. The van der Waals surface area contributed by atoms with E-state index in [0.717, 1.165) is 37.1 Å². The Morgan fingerprint density at radius 3 is 2.66 bits per heavy atom. The van der Waals surface area contributed by atoms with E-state index in [-0.39, 0.29) is 23.6 Å². The van der Waals surface area contributed by atoms with Gasteiger partial charge in [-0.2, -0.15) is 0 Å². The average Bonchev–Trinajstić information content (AvgIpc) is 3.31. The van der Waals surface area contributed by atoms with Gasteiger partial charge in [0.1, 0.15) is 17.5 Å². The number of nitrogens with one attached hydrogen (secondary N) is 1. The van der Waals surface area contributed by atoms with E-state index in [4.69, 9.17) is 9.97 Å². The largest absolute Gasteiger partial charge is 0.342 e. The number of carbonyl (C=O) groups is 1. The lowest BCUT2D eigenvalue weighted by Crippen LogP contribution is -2.34. The van der Waals surface area contributed by atoms with Gasteiger partial charge in [0.2, 0.25) is 5.91 Å². The first-order chi connectivity index (χ1) is 15.6. The Morgan fingerprint density at radius 2 is 1.94 bits per heavy atom. The van der Waals surface area contributed by atoms with Gasteiger partial charge >= 0.3 is 0 Å². The standard InChI is InChI=1S/C25H28FN5O/c1-3-17(4-2)25(32)31-13-10-19(16-31)24-29-22(18-8-11-27-12-9-18)15-23(30-24)28-21-7-5-6-20(26)14-21/h5-9,11-12,14-15,17,19H,3-4,10,13,16H2,1-2H3,(H,28,29,30). The second-order valence-electron chi connectivity index (χ2n) is 8.15. The van der Waals surface area contributed by atoms with Crippen molar-refractivity contribution in [3.05, 3.63) is 66.5 Å². The maximum absolute atomic E-state index is 13.7. The number of hydrogen-bond donors (Lipinski definition) is 1. The van der Waals surface area contributed by atoms with Crippen molar-refractivity contribution in [3.8, 4) is 11.3 Å². The summed E-state index contributed by atoms with van der Waals surface area (Å²) in [6.45, 7) is 5.46. The van der Waals surface area contributed by atoms with Gasteiger partial charge in [0.25, 0.3) is 0 Å². The van der Waals surface area contributed by atoms with Gasteiger partial charge in [0.15, 0.2) is 0 Å². The zero-order valence-electron chi connectivity index (χ0n) is 18.5. The summed E-state index contributed by atoms with van der Waals surface area (Å²) in [5, 5.41) is 3.20. The van der Waals surface area contributed by atoms with Crippen molar-refractivity contribution in [2.45, 2.75) is 39.0 Å². The summed E-state index contributed by atoms with van der Waals surface area (Å²) in [6.07, 6.45) is 5.98. The molecule has 0 radical (unpaired) electrons. The molecule has 1 saturated heterocycles. The van der Waals surface area contributed by atoms with Crippen LogP contribution < -0.4 is 5.32 Å². The summed E-state index contributed by atoms with van der Waals surface area (Å²) in [5.74, 6) is 1.33. The van der Waals surface area contributed by atoms with Crippen LogP contribution in [0.2, 0.25) is 0 Å². The number of rotatable bonds is 7. The van der Waals surface area contributed by atoms with Crippen LogP contribution in [0.15, 0.2) is 54.9 Å². The molecule has 0 spiro atoms. The quantitative estimate of drug-likeness (QED) is 0.556. The molecule has 7 heteroatoms. The third-order valence-corrected chi connectivity index (χ3v) is 6.02. The normalized spacial score (nSPS) is 15.9. The number of benzene rings is 1. The molecule has 6 nitrogen and oxygen atoms in total. The zero-order valence-corrected chi connectivity index (χ0v) is 18.5. The van der Waals surface area contributed by atoms with Crippen molar-refractivity contribution in [2.75, 3.05) is 18.4 Å². The van der Waals surface area contributed by atoms with Crippen molar-refractivity contribution in [1.29, 1.82) is 0 Å². The topological polar surface area (TPSA) is 71.0 Å². The van der Waals surface area contributed by atoms with Crippen LogP contribution in [0, 0.1) is 11.7 Å². The number of hydrogen-bond acceptors (Lipinski definition) is 5. The van der Waals surface area contributed by atoms with E-state index < -0.39 is 0 Å². The molecule has 3 aromatic rings. The molecule has 1 unspecified atom stereocenters. The molecule has 3 heterocycles. The summed E-state index contributed by atoms with van der Waals surface area (Å²) in [5.41, 5.74) is 2.31. The van der Waals surface area contributed by atoms with Gasteiger partial charge in [-0.05, 0) is 49.6 Å². The van der Waals surface area contributed by atoms with Gasteiger partial charge < -0.3 is 10.2 Å². The van der Waals surface area contributed by atoms with Crippen LogP contribution in [-0.2, 0) is 4.79 Å². The van der Waals surface area contributed by atoms with Crippen molar-refractivity contribution in [2.24, 2.45) is 5.92 Å². The van der Waals surface area contributed by atoms with E-state index in [1.807, 2.05) is 23.1 Å². The van der Waals surface area contributed by atoms with Crippen LogP contribution >= 0.6 is 0 Å². The fourth-order valence-corrected chi connectivity index (χ4v) is 4.16. The summed E-state index contributed by atoms with van der Waals surface area (Å²) in [7, 11) is 0. The fourth-order valence-electron chi connectivity index (χ4n) is 4.16. The molecule has 166 valence electrons. The Hall–Kier alpha value is -3.35. The first kappa shape index (κ1) is 21.9. The highest BCUT2D eigenvalue weighted by atomic mass is 19.1. The predicted molar refractivity (Wildman–Crippen MR) is 123 cm³/mol. The summed E-state index contributed by atoms with van der Waals surface area (Å²) < 4.78 is 13.7. The van der Waals surface area contributed by atoms with Crippen molar-refractivity contribution in [1.82, 2.24) is 19.9 Å². The molecule has 1 aromatic carbocycles. The van der Waals surface area contributed by atoms with Crippen LogP contribution in [0.1, 0.15) is 44.9 Å². The Kier molecular flexibility index (Phi) is 6.73. The monoisotopic (exact) mass is 433 g/mol. The first-order valence-electron chi connectivity index (χ1n) is 11.2. The van der Waals surface area contributed by atoms with Gasteiger partial charge in [-0.15, -0.1) is 0 Å². The van der Waals surface area contributed by atoms with Crippen molar-refractivity contribution in [3.63, 3.8) is 0 Å². The number of likely N-dealkylation sites (tertiary alicyclic amines) is 1. The lowest BCUT2D eigenvalue weighted by atomic mass is 10.0. The third kappa shape index (κ3) is 4.93. The number of pyridine rings is 1. The Morgan fingerprint density at radius 1 is 1.16 bits per heavy atom. The molecular weight excluding hydrogens is 405 g/mol. The van der Waals surface area contributed by atoms with Gasteiger partial charge in [-0.3, -0.25) is 9.78 Å². The van der Waals surface area contributed by atoms with Gasteiger partial charge in [-0.25, -0.2) is 14.4 Å². The smallest absolute Gasteiger partial charge is 0.225 e. The Bertz CT molecular complexity index is 1070. The Balaban J connectivity index is 1.63.